The fourth-order valence-electron chi connectivity index (χ4n) is 2.77. The molecule has 20 heavy (non-hydrogen) atoms. The predicted molar refractivity (Wildman–Crippen MR) is 94.2 cm³/mol. The van der Waals surface area contributed by atoms with E-state index < -0.39 is 0 Å². The van der Waals surface area contributed by atoms with E-state index in [1.165, 1.54) is 64.2 Å². The van der Waals surface area contributed by atoms with Gasteiger partial charge in [-0.2, -0.15) is 0 Å². The monoisotopic (exact) mass is 280 g/mol. The topological polar surface area (TPSA) is 0 Å². The van der Waals surface area contributed by atoms with Crippen LogP contribution in [0.1, 0.15) is 98.8 Å². The average Bonchev–Trinajstić information content (AvgIpc) is 2.43. The van der Waals surface area contributed by atoms with Gasteiger partial charge >= 0.3 is 0 Å². The highest BCUT2D eigenvalue weighted by atomic mass is 14.1. The van der Waals surface area contributed by atoms with Crippen molar-refractivity contribution in [2.45, 2.75) is 98.8 Å². The van der Waals surface area contributed by atoms with Crippen LogP contribution in [-0.2, 0) is 0 Å². The molecule has 0 aliphatic heterocycles. The van der Waals surface area contributed by atoms with Crippen LogP contribution >= 0.6 is 0 Å². The van der Waals surface area contributed by atoms with Crippen molar-refractivity contribution in [3.05, 3.63) is 12.2 Å². The molecule has 0 nitrogen and oxygen atoms in total. The van der Waals surface area contributed by atoms with Crippen molar-refractivity contribution < 1.29 is 0 Å². The third-order valence-electron chi connectivity index (χ3n) is 4.61. The second-order valence-electron chi connectivity index (χ2n) is 7.15. The first-order valence-electron chi connectivity index (χ1n) is 9.21. The fourth-order valence-corrected chi connectivity index (χ4v) is 2.77. The van der Waals surface area contributed by atoms with E-state index in [0.29, 0.717) is 0 Å². The minimum atomic E-state index is 0.882. The maximum absolute atomic E-state index is 2.40. The van der Waals surface area contributed by atoms with Gasteiger partial charge < -0.3 is 0 Å². The van der Waals surface area contributed by atoms with Crippen molar-refractivity contribution in [3.63, 3.8) is 0 Å². The molecule has 0 aromatic carbocycles. The van der Waals surface area contributed by atoms with Gasteiger partial charge in [-0.05, 0) is 37.5 Å². The van der Waals surface area contributed by atoms with Crippen molar-refractivity contribution in [1.29, 1.82) is 0 Å². The van der Waals surface area contributed by atoms with Crippen LogP contribution in [0.4, 0.5) is 0 Å². The molecule has 0 aliphatic rings. The molecular weight excluding hydrogens is 240 g/mol. The molecule has 0 saturated heterocycles. The Morgan fingerprint density at radius 2 is 1.45 bits per heavy atom. The number of hydrogen-bond donors (Lipinski definition) is 0. The molecule has 2 atom stereocenters. The van der Waals surface area contributed by atoms with Gasteiger partial charge in [-0.3, -0.25) is 0 Å². The lowest BCUT2D eigenvalue weighted by Crippen LogP contribution is -2.03. The molecule has 120 valence electrons. The molecule has 0 bridgehead atoms. The first-order chi connectivity index (χ1) is 9.60. The Kier molecular flexibility index (Phi) is 13.5. The van der Waals surface area contributed by atoms with Crippen LogP contribution < -0.4 is 0 Å². The molecule has 0 fully saturated rings. The minimum absolute atomic E-state index is 0.882. The van der Waals surface area contributed by atoms with Crippen LogP contribution in [0, 0.1) is 17.8 Å². The SMILES string of the molecule is CC=CCC(CCCCCCC(C)C)CCC(C)CC. The summed E-state index contributed by atoms with van der Waals surface area (Å²) in [7, 11) is 0. The summed E-state index contributed by atoms with van der Waals surface area (Å²) in [5.41, 5.74) is 0. The van der Waals surface area contributed by atoms with E-state index in [4.69, 9.17) is 0 Å². The summed E-state index contributed by atoms with van der Waals surface area (Å²) >= 11 is 0. The molecule has 0 amide bonds. The van der Waals surface area contributed by atoms with E-state index >= 15 is 0 Å². The molecule has 2 unspecified atom stereocenters. The van der Waals surface area contributed by atoms with Gasteiger partial charge in [0.25, 0.3) is 0 Å². The number of unbranched alkanes of at least 4 members (excludes halogenated alkanes) is 3. The van der Waals surface area contributed by atoms with Gasteiger partial charge in [-0.25, -0.2) is 0 Å². The Hall–Kier alpha value is -0.260. The van der Waals surface area contributed by atoms with Crippen molar-refractivity contribution in [2.75, 3.05) is 0 Å². The number of hydrogen-bond acceptors (Lipinski definition) is 0. The van der Waals surface area contributed by atoms with Crippen LogP contribution in [0.2, 0.25) is 0 Å². The van der Waals surface area contributed by atoms with Crippen LogP contribution in [0.15, 0.2) is 12.2 Å². The van der Waals surface area contributed by atoms with E-state index in [9.17, 15) is 0 Å². The van der Waals surface area contributed by atoms with Crippen molar-refractivity contribution >= 4 is 0 Å². The number of rotatable bonds is 13. The Morgan fingerprint density at radius 1 is 0.800 bits per heavy atom. The molecule has 0 aromatic heterocycles. The quantitative estimate of drug-likeness (QED) is 0.244. The lowest BCUT2D eigenvalue weighted by Gasteiger charge is -2.17. The maximum atomic E-state index is 2.40. The molecule has 0 heterocycles. The van der Waals surface area contributed by atoms with Crippen molar-refractivity contribution in [2.24, 2.45) is 17.8 Å². The second-order valence-corrected chi connectivity index (χ2v) is 7.15. The Morgan fingerprint density at radius 3 is 2.00 bits per heavy atom. The molecule has 0 N–H and O–H groups in total. The summed E-state index contributed by atoms with van der Waals surface area (Å²) in [6.45, 7) is 11.5. The predicted octanol–water partition coefficient (Wildman–Crippen LogP) is 7.39. The normalized spacial score (nSPS) is 15.1. The molecule has 0 aliphatic carbocycles. The van der Waals surface area contributed by atoms with Gasteiger partial charge in [0.05, 0.1) is 0 Å². The molecule has 0 saturated carbocycles. The van der Waals surface area contributed by atoms with Gasteiger partial charge in [0.1, 0.15) is 0 Å². The highest BCUT2D eigenvalue weighted by Gasteiger charge is 2.09. The molecular formula is C20H40. The standard InChI is InChI=1S/C20H40/c1-6-8-14-20(17-16-19(5)7-2)15-12-10-9-11-13-18(3)4/h6,8,18-20H,7,9-17H2,1-5H3. The highest BCUT2D eigenvalue weighted by Crippen LogP contribution is 2.24. The summed E-state index contributed by atoms with van der Waals surface area (Å²) in [6.07, 6.45) is 18.7. The van der Waals surface area contributed by atoms with Crippen molar-refractivity contribution in [3.8, 4) is 0 Å². The van der Waals surface area contributed by atoms with Gasteiger partial charge in [-0.1, -0.05) is 91.2 Å². The number of allylic oxidation sites excluding steroid dienone is 2. The zero-order valence-electron chi connectivity index (χ0n) is 15.0. The van der Waals surface area contributed by atoms with Gasteiger partial charge in [0.2, 0.25) is 0 Å². The lowest BCUT2D eigenvalue weighted by atomic mass is 9.89. The Labute approximate surface area is 129 Å². The van der Waals surface area contributed by atoms with E-state index in [2.05, 4.69) is 46.8 Å². The lowest BCUT2D eigenvalue weighted by molar-refractivity contribution is 0.372. The van der Waals surface area contributed by atoms with Gasteiger partial charge in [0, 0.05) is 0 Å². The third kappa shape index (κ3) is 12.8. The largest absolute Gasteiger partial charge is 0.0917 e. The maximum Gasteiger partial charge on any atom is -0.0322 e. The highest BCUT2D eigenvalue weighted by molar-refractivity contribution is 4.80. The zero-order chi connectivity index (χ0) is 15.2. The van der Waals surface area contributed by atoms with Gasteiger partial charge in [-0.15, -0.1) is 0 Å². The minimum Gasteiger partial charge on any atom is -0.0917 e. The molecule has 0 aromatic rings. The molecule has 0 spiro atoms. The summed E-state index contributed by atoms with van der Waals surface area (Å²) in [5, 5.41) is 0. The Balaban J connectivity index is 3.74. The molecule has 0 heteroatoms. The fraction of sp³-hybridized carbons (Fsp3) is 0.900. The summed E-state index contributed by atoms with van der Waals surface area (Å²) in [4.78, 5) is 0. The van der Waals surface area contributed by atoms with Crippen LogP contribution in [-0.4, -0.2) is 0 Å². The van der Waals surface area contributed by atoms with E-state index in [1.54, 1.807) is 0 Å². The van der Waals surface area contributed by atoms with Crippen LogP contribution in [0.5, 0.6) is 0 Å². The van der Waals surface area contributed by atoms with Crippen LogP contribution in [0.25, 0.3) is 0 Å². The zero-order valence-corrected chi connectivity index (χ0v) is 15.0. The van der Waals surface area contributed by atoms with Crippen LogP contribution in [0.3, 0.4) is 0 Å². The summed E-state index contributed by atoms with van der Waals surface area (Å²) in [5.74, 6) is 2.73. The molecule has 0 rings (SSSR count). The smallest absolute Gasteiger partial charge is 0.0322 e. The first kappa shape index (κ1) is 19.7. The van der Waals surface area contributed by atoms with Gasteiger partial charge in [0.15, 0.2) is 0 Å². The first-order valence-corrected chi connectivity index (χ1v) is 9.21. The molecule has 0 radical (unpaired) electrons. The average molecular weight is 281 g/mol. The summed E-state index contributed by atoms with van der Waals surface area (Å²) < 4.78 is 0. The second kappa shape index (κ2) is 13.7. The summed E-state index contributed by atoms with van der Waals surface area (Å²) in [6, 6.07) is 0. The van der Waals surface area contributed by atoms with E-state index in [-0.39, 0.29) is 0 Å². The Bertz CT molecular complexity index is 214. The van der Waals surface area contributed by atoms with Crippen molar-refractivity contribution in [1.82, 2.24) is 0 Å². The van der Waals surface area contributed by atoms with E-state index in [1.807, 2.05) is 0 Å². The third-order valence-corrected chi connectivity index (χ3v) is 4.61. The van der Waals surface area contributed by atoms with E-state index in [0.717, 1.165) is 17.8 Å².